The number of para-hydroxylation sites is 1. The Morgan fingerprint density at radius 3 is 2.48 bits per heavy atom. The fraction of sp³-hybridized carbons (Fsp3) is 0.0476. The predicted molar refractivity (Wildman–Crippen MR) is 105 cm³/mol. The number of carbonyl (C=O) groups is 2. The molecule has 0 aliphatic carbocycles. The van der Waals surface area contributed by atoms with Gasteiger partial charge in [-0.3, -0.25) is 9.59 Å². The maximum atomic E-state index is 12.7. The van der Waals surface area contributed by atoms with Crippen LogP contribution in [0.5, 0.6) is 5.75 Å². The van der Waals surface area contributed by atoms with Gasteiger partial charge in [0.05, 0.1) is 5.56 Å². The van der Waals surface area contributed by atoms with Crippen LogP contribution in [0.15, 0.2) is 72.8 Å². The van der Waals surface area contributed by atoms with Gasteiger partial charge in [-0.2, -0.15) is 0 Å². The Hall–Kier alpha value is -3.31. The van der Waals surface area contributed by atoms with E-state index in [1.807, 2.05) is 18.2 Å². The molecule has 0 saturated heterocycles. The summed E-state index contributed by atoms with van der Waals surface area (Å²) in [5, 5.41) is 3.35. The first-order chi connectivity index (χ1) is 13.0. The molecule has 0 unspecified atom stereocenters. The van der Waals surface area contributed by atoms with Gasteiger partial charge >= 0.3 is 0 Å². The minimum atomic E-state index is -0.561. The predicted octanol–water partition coefficient (Wildman–Crippen LogP) is 4.27. The normalized spacial score (nSPS) is 10.3. The van der Waals surface area contributed by atoms with Crippen LogP contribution in [0.25, 0.3) is 0 Å². The maximum absolute atomic E-state index is 12.7. The molecule has 0 aliphatic heterocycles. The first-order valence-corrected chi connectivity index (χ1v) is 8.59. The van der Waals surface area contributed by atoms with Crippen molar-refractivity contribution in [1.82, 2.24) is 0 Å². The highest BCUT2D eigenvalue weighted by molar-refractivity contribution is 6.31. The van der Waals surface area contributed by atoms with Gasteiger partial charge in [0, 0.05) is 21.8 Å². The van der Waals surface area contributed by atoms with Gasteiger partial charge in [-0.25, -0.2) is 0 Å². The zero-order valence-corrected chi connectivity index (χ0v) is 15.1. The summed E-state index contributed by atoms with van der Waals surface area (Å²) in [4.78, 5) is 24.0. The third kappa shape index (κ3) is 4.65. The van der Waals surface area contributed by atoms with E-state index in [1.54, 1.807) is 48.5 Å². The average Bonchev–Trinajstić information content (AvgIpc) is 2.68. The van der Waals surface area contributed by atoms with Crippen LogP contribution in [0, 0.1) is 0 Å². The largest absolute Gasteiger partial charge is 0.488 e. The first kappa shape index (κ1) is 18.5. The van der Waals surface area contributed by atoms with Crippen LogP contribution in [0.4, 0.5) is 5.69 Å². The van der Waals surface area contributed by atoms with Crippen LogP contribution in [-0.4, -0.2) is 11.8 Å². The number of ether oxygens (including phenoxy) is 1. The number of hydrogen-bond acceptors (Lipinski definition) is 3. The molecule has 0 heterocycles. The second-order valence-electron chi connectivity index (χ2n) is 5.78. The Bertz CT molecular complexity index is 988. The molecule has 0 bridgehead atoms. The van der Waals surface area contributed by atoms with Gasteiger partial charge in [0.25, 0.3) is 5.91 Å². The van der Waals surface area contributed by atoms with E-state index in [-0.39, 0.29) is 12.5 Å². The fourth-order valence-electron chi connectivity index (χ4n) is 2.50. The maximum Gasteiger partial charge on any atom is 0.259 e. The molecule has 3 rings (SSSR count). The summed E-state index contributed by atoms with van der Waals surface area (Å²) in [7, 11) is 0. The first-order valence-electron chi connectivity index (χ1n) is 8.21. The van der Waals surface area contributed by atoms with Crippen LogP contribution < -0.4 is 15.8 Å². The van der Waals surface area contributed by atoms with Crippen LogP contribution in [0.3, 0.4) is 0 Å². The van der Waals surface area contributed by atoms with E-state index < -0.39 is 5.91 Å². The monoisotopic (exact) mass is 380 g/mol. The molecule has 0 aromatic heterocycles. The van der Waals surface area contributed by atoms with Crippen molar-refractivity contribution in [3.8, 4) is 5.75 Å². The van der Waals surface area contributed by atoms with Crippen molar-refractivity contribution in [3.63, 3.8) is 0 Å². The molecular formula is C21H17ClN2O3. The summed E-state index contributed by atoms with van der Waals surface area (Å²) in [6.07, 6.45) is 0. The van der Waals surface area contributed by atoms with E-state index in [2.05, 4.69) is 5.32 Å². The Kier molecular flexibility index (Phi) is 5.74. The van der Waals surface area contributed by atoms with Crippen molar-refractivity contribution < 1.29 is 14.3 Å². The molecule has 6 heteroatoms. The minimum Gasteiger partial charge on any atom is -0.488 e. The minimum absolute atomic E-state index is 0.237. The van der Waals surface area contributed by atoms with Gasteiger partial charge in [-0.05, 0) is 36.4 Å². The highest BCUT2D eigenvalue weighted by Crippen LogP contribution is 2.23. The van der Waals surface area contributed by atoms with Crippen LogP contribution in [0.1, 0.15) is 26.3 Å². The zero-order valence-electron chi connectivity index (χ0n) is 14.3. The smallest absolute Gasteiger partial charge is 0.259 e. The molecule has 3 aromatic carbocycles. The van der Waals surface area contributed by atoms with E-state index in [0.29, 0.717) is 27.6 Å². The third-order valence-electron chi connectivity index (χ3n) is 3.88. The number of benzene rings is 3. The standard InChI is InChI=1S/C21H17ClN2O3/c22-18-10-3-1-6-15(18)13-27-19-11-4-2-9-17(19)21(26)24-16-8-5-7-14(12-16)20(23)25/h1-12H,13H2,(H2,23,25)(H,24,26). The summed E-state index contributed by atoms with van der Waals surface area (Å²) in [5.41, 5.74) is 7.25. The van der Waals surface area contributed by atoms with Crippen LogP contribution in [-0.2, 0) is 6.61 Å². The van der Waals surface area contributed by atoms with E-state index in [0.717, 1.165) is 5.56 Å². The lowest BCUT2D eigenvalue weighted by molar-refractivity contribution is 0.0995. The molecule has 0 spiro atoms. The average molecular weight is 381 g/mol. The molecule has 3 aromatic rings. The molecule has 2 amide bonds. The van der Waals surface area contributed by atoms with Gasteiger partial charge in [0.15, 0.2) is 0 Å². The van der Waals surface area contributed by atoms with Crippen molar-refractivity contribution in [2.24, 2.45) is 5.73 Å². The number of halogens is 1. The summed E-state index contributed by atoms with van der Waals surface area (Å²) in [6, 6.07) is 20.7. The van der Waals surface area contributed by atoms with Gasteiger partial charge in [0.2, 0.25) is 5.91 Å². The number of nitrogens with two attached hydrogens (primary N) is 1. The molecule has 3 N–H and O–H groups in total. The van der Waals surface area contributed by atoms with Crippen molar-refractivity contribution in [2.75, 3.05) is 5.32 Å². The van der Waals surface area contributed by atoms with E-state index in [4.69, 9.17) is 22.1 Å². The number of primary amides is 1. The third-order valence-corrected chi connectivity index (χ3v) is 4.25. The molecule has 136 valence electrons. The summed E-state index contributed by atoms with van der Waals surface area (Å²) in [6.45, 7) is 0.237. The summed E-state index contributed by atoms with van der Waals surface area (Å²) in [5.74, 6) is -0.484. The Labute approximate surface area is 161 Å². The summed E-state index contributed by atoms with van der Waals surface area (Å²) < 4.78 is 5.81. The Morgan fingerprint density at radius 1 is 0.963 bits per heavy atom. The summed E-state index contributed by atoms with van der Waals surface area (Å²) >= 11 is 6.14. The van der Waals surface area contributed by atoms with Gasteiger partial charge in [-0.1, -0.05) is 48.0 Å². The number of nitrogens with one attached hydrogen (secondary N) is 1. The van der Waals surface area contributed by atoms with E-state index in [1.165, 1.54) is 6.07 Å². The van der Waals surface area contributed by atoms with Crippen LogP contribution >= 0.6 is 11.6 Å². The molecule has 0 radical (unpaired) electrons. The molecule has 0 saturated carbocycles. The van der Waals surface area contributed by atoms with Gasteiger partial charge < -0.3 is 15.8 Å². The Balaban J connectivity index is 1.77. The SMILES string of the molecule is NC(=O)c1cccc(NC(=O)c2ccccc2OCc2ccccc2Cl)c1. The number of hydrogen-bond donors (Lipinski definition) is 2. The lowest BCUT2D eigenvalue weighted by atomic mass is 10.1. The van der Waals surface area contributed by atoms with E-state index in [9.17, 15) is 9.59 Å². The second-order valence-corrected chi connectivity index (χ2v) is 6.18. The quantitative estimate of drug-likeness (QED) is 0.670. The van der Waals surface area contributed by atoms with Crippen molar-refractivity contribution in [3.05, 3.63) is 94.5 Å². The van der Waals surface area contributed by atoms with Gasteiger partial charge in [0.1, 0.15) is 12.4 Å². The van der Waals surface area contributed by atoms with Crippen LogP contribution in [0.2, 0.25) is 5.02 Å². The van der Waals surface area contributed by atoms with E-state index >= 15 is 0 Å². The molecule has 27 heavy (non-hydrogen) atoms. The Morgan fingerprint density at radius 2 is 1.70 bits per heavy atom. The highest BCUT2D eigenvalue weighted by atomic mass is 35.5. The molecule has 5 nitrogen and oxygen atoms in total. The number of anilines is 1. The van der Waals surface area contributed by atoms with Crippen molar-refractivity contribution >= 4 is 29.1 Å². The molecule has 0 atom stereocenters. The molecular weight excluding hydrogens is 364 g/mol. The van der Waals surface area contributed by atoms with Crippen molar-refractivity contribution in [2.45, 2.75) is 6.61 Å². The number of rotatable bonds is 6. The number of carbonyl (C=O) groups excluding carboxylic acids is 2. The topological polar surface area (TPSA) is 81.4 Å². The van der Waals surface area contributed by atoms with Crippen molar-refractivity contribution in [1.29, 1.82) is 0 Å². The lowest BCUT2D eigenvalue weighted by Gasteiger charge is -2.12. The number of amides is 2. The second kappa shape index (κ2) is 8.38. The molecule has 0 aliphatic rings. The zero-order chi connectivity index (χ0) is 19.2. The van der Waals surface area contributed by atoms with Gasteiger partial charge in [-0.15, -0.1) is 0 Å². The molecule has 0 fully saturated rings. The fourth-order valence-corrected chi connectivity index (χ4v) is 2.69. The highest BCUT2D eigenvalue weighted by Gasteiger charge is 2.13. The lowest BCUT2D eigenvalue weighted by Crippen LogP contribution is -2.15.